The summed E-state index contributed by atoms with van der Waals surface area (Å²) in [5.41, 5.74) is 2.27. The van der Waals surface area contributed by atoms with Gasteiger partial charge in [-0.15, -0.1) is 0 Å². The largest absolute Gasteiger partial charge is 0.333 e. The summed E-state index contributed by atoms with van der Waals surface area (Å²) >= 11 is 1.67. The predicted molar refractivity (Wildman–Crippen MR) is 89.2 cm³/mol. The number of nitrogens with zero attached hydrogens (tertiary/aromatic N) is 2. The molecule has 5 heteroatoms. The average Bonchev–Trinajstić information content (AvgIpc) is 3.19. The second-order valence-corrected chi connectivity index (χ2v) is 7.28. The van der Waals surface area contributed by atoms with Crippen molar-refractivity contribution in [2.45, 2.75) is 31.8 Å². The molecule has 1 N–H and O–H groups in total. The van der Waals surface area contributed by atoms with Gasteiger partial charge in [0.1, 0.15) is 0 Å². The van der Waals surface area contributed by atoms with Gasteiger partial charge in [-0.3, -0.25) is 9.47 Å². The summed E-state index contributed by atoms with van der Waals surface area (Å²) in [7, 11) is 0. The fourth-order valence-corrected chi connectivity index (χ4v) is 4.48. The van der Waals surface area contributed by atoms with Crippen molar-refractivity contribution in [2.24, 2.45) is 5.92 Å². The molecule has 0 saturated carbocycles. The SMILES string of the molecule is CC1CC2CCN1C[C@@H]2NC(=O)n1ccc(-c2ccsc2)c1. The minimum absolute atomic E-state index is 0.00659. The topological polar surface area (TPSA) is 37.3 Å². The first-order chi connectivity index (χ1) is 10.7. The Morgan fingerprint density at radius 2 is 2.27 bits per heavy atom. The highest BCUT2D eigenvalue weighted by molar-refractivity contribution is 7.08. The number of hydrogen-bond donors (Lipinski definition) is 1. The molecule has 2 aromatic heterocycles. The molecule has 0 aliphatic carbocycles. The van der Waals surface area contributed by atoms with Gasteiger partial charge < -0.3 is 5.32 Å². The maximum atomic E-state index is 12.5. The standard InChI is InChI=1S/C17H21N3OS/c1-12-8-13-2-5-19(12)10-16(13)18-17(21)20-6-3-14(9-20)15-4-7-22-11-15/h3-4,6-7,9,11-13,16H,2,5,8,10H2,1H3,(H,18,21)/t12?,13?,16-/m0/s1. The molecule has 0 radical (unpaired) electrons. The number of nitrogens with one attached hydrogen (secondary N) is 1. The molecule has 3 unspecified atom stereocenters. The maximum absolute atomic E-state index is 12.5. The van der Waals surface area contributed by atoms with Crippen LogP contribution in [0.2, 0.25) is 0 Å². The summed E-state index contributed by atoms with van der Waals surface area (Å²) < 4.78 is 1.67. The smallest absolute Gasteiger partial charge is 0.325 e. The van der Waals surface area contributed by atoms with Crippen LogP contribution in [-0.4, -0.2) is 40.7 Å². The van der Waals surface area contributed by atoms with E-state index in [1.54, 1.807) is 15.9 Å². The van der Waals surface area contributed by atoms with Crippen LogP contribution in [-0.2, 0) is 0 Å². The highest BCUT2D eigenvalue weighted by Crippen LogP contribution is 2.32. The second kappa shape index (κ2) is 5.56. The van der Waals surface area contributed by atoms with E-state index in [1.807, 2.05) is 18.5 Å². The van der Waals surface area contributed by atoms with Gasteiger partial charge in [0.2, 0.25) is 0 Å². The van der Waals surface area contributed by atoms with Crippen LogP contribution < -0.4 is 5.32 Å². The minimum atomic E-state index is -0.00659. The van der Waals surface area contributed by atoms with Gasteiger partial charge in [-0.25, -0.2) is 4.79 Å². The van der Waals surface area contributed by atoms with E-state index in [4.69, 9.17) is 0 Å². The molecule has 0 spiro atoms. The van der Waals surface area contributed by atoms with Crippen LogP contribution in [0.5, 0.6) is 0 Å². The number of carbonyl (C=O) groups excluding carboxylic acids is 1. The van der Waals surface area contributed by atoms with Crippen molar-refractivity contribution in [3.05, 3.63) is 35.3 Å². The minimum Gasteiger partial charge on any atom is -0.333 e. The van der Waals surface area contributed by atoms with Crippen molar-refractivity contribution in [2.75, 3.05) is 13.1 Å². The highest BCUT2D eigenvalue weighted by Gasteiger charge is 2.38. The molecule has 4 nitrogen and oxygen atoms in total. The van der Waals surface area contributed by atoms with Crippen LogP contribution in [0.4, 0.5) is 4.79 Å². The van der Waals surface area contributed by atoms with Crippen LogP contribution in [0.25, 0.3) is 11.1 Å². The molecule has 4 atom stereocenters. The van der Waals surface area contributed by atoms with Gasteiger partial charge in [-0.1, -0.05) is 0 Å². The molecule has 2 bridgehead atoms. The quantitative estimate of drug-likeness (QED) is 0.923. The average molecular weight is 315 g/mol. The van der Waals surface area contributed by atoms with E-state index in [0.29, 0.717) is 18.0 Å². The summed E-state index contributed by atoms with van der Waals surface area (Å²) in [5, 5.41) is 7.39. The molecule has 116 valence electrons. The fourth-order valence-electron chi connectivity index (χ4n) is 3.81. The number of hydrogen-bond acceptors (Lipinski definition) is 3. The highest BCUT2D eigenvalue weighted by atomic mass is 32.1. The van der Waals surface area contributed by atoms with E-state index in [2.05, 4.69) is 34.0 Å². The molecule has 1 amide bonds. The van der Waals surface area contributed by atoms with E-state index in [9.17, 15) is 4.79 Å². The van der Waals surface area contributed by atoms with Crippen LogP contribution in [0.1, 0.15) is 19.8 Å². The first-order valence-electron chi connectivity index (χ1n) is 7.96. The van der Waals surface area contributed by atoms with Gasteiger partial charge >= 0.3 is 6.03 Å². The number of fused-ring (bicyclic) bond motifs is 3. The van der Waals surface area contributed by atoms with E-state index in [0.717, 1.165) is 12.1 Å². The lowest BCUT2D eigenvalue weighted by Crippen LogP contribution is -2.60. The Morgan fingerprint density at radius 3 is 2.95 bits per heavy atom. The van der Waals surface area contributed by atoms with E-state index in [1.165, 1.54) is 24.9 Å². The van der Waals surface area contributed by atoms with Crippen LogP contribution in [0, 0.1) is 5.92 Å². The van der Waals surface area contributed by atoms with Gasteiger partial charge in [0.25, 0.3) is 0 Å². The first kappa shape index (κ1) is 14.0. The van der Waals surface area contributed by atoms with Crippen molar-refractivity contribution in [1.29, 1.82) is 0 Å². The molecule has 3 fully saturated rings. The molecule has 2 aromatic rings. The first-order valence-corrected chi connectivity index (χ1v) is 8.90. The summed E-state index contributed by atoms with van der Waals surface area (Å²) in [6, 6.07) is 5.04. The Balaban J connectivity index is 1.45. The molecule has 3 aliphatic heterocycles. The Bertz CT molecular complexity index is 663. The third kappa shape index (κ3) is 2.48. The third-order valence-electron chi connectivity index (χ3n) is 5.15. The summed E-state index contributed by atoms with van der Waals surface area (Å²) in [6.45, 7) is 4.48. The Labute approximate surface area is 134 Å². The lowest BCUT2D eigenvalue weighted by molar-refractivity contribution is 0.0322. The summed E-state index contributed by atoms with van der Waals surface area (Å²) in [6.07, 6.45) is 6.19. The van der Waals surface area contributed by atoms with Gasteiger partial charge in [0.15, 0.2) is 0 Å². The maximum Gasteiger partial charge on any atom is 0.325 e. The number of rotatable bonds is 2. The van der Waals surface area contributed by atoms with Crippen LogP contribution >= 0.6 is 11.3 Å². The zero-order chi connectivity index (χ0) is 15.1. The van der Waals surface area contributed by atoms with Crippen LogP contribution in [0.15, 0.2) is 35.3 Å². The lowest BCUT2D eigenvalue weighted by Gasteiger charge is -2.48. The van der Waals surface area contributed by atoms with Gasteiger partial charge in [0, 0.05) is 36.6 Å². The van der Waals surface area contributed by atoms with Crippen LogP contribution in [0.3, 0.4) is 0 Å². The van der Waals surface area contributed by atoms with Crippen molar-refractivity contribution in [3.63, 3.8) is 0 Å². The number of amides is 1. The van der Waals surface area contributed by atoms with E-state index < -0.39 is 0 Å². The molecular weight excluding hydrogens is 294 g/mol. The molecule has 3 aliphatic rings. The molecule has 0 aromatic carbocycles. The zero-order valence-electron chi connectivity index (χ0n) is 12.7. The molecule has 5 heterocycles. The van der Waals surface area contributed by atoms with Gasteiger partial charge in [-0.05, 0) is 60.7 Å². The third-order valence-corrected chi connectivity index (χ3v) is 5.83. The second-order valence-electron chi connectivity index (χ2n) is 6.50. The van der Waals surface area contributed by atoms with Gasteiger partial charge in [-0.2, -0.15) is 11.3 Å². The molecule has 3 saturated heterocycles. The molecule has 5 rings (SSSR count). The van der Waals surface area contributed by atoms with Gasteiger partial charge in [0.05, 0.1) is 0 Å². The van der Waals surface area contributed by atoms with Crippen molar-refractivity contribution >= 4 is 17.4 Å². The van der Waals surface area contributed by atoms with Crippen molar-refractivity contribution < 1.29 is 4.79 Å². The molecule has 22 heavy (non-hydrogen) atoms. The Hall–Kier alpha value is -1.59. The Morgan fingerprint density at radius 1 is 1.36 bits per heavy atom. The fraction of sp³-hybridized carbons (Fsp3) is 0.471. The lowest BCUT2D eigenvalue weighted by atomic mass is 9.80. The molecular formula is C17H21N3OS. The number of aromatic nitrogens is 1. The zero-order valence-corrected chi connectivity index (χ0v) is 13.6. The van der Waals surface area contributed by atoms with E-state index >= 15 is 0 Å². The number of piperidine rings is 3. The van der Waals surface area contributed by atoms with Crippen molar-refractivity contribution in [3.8, 4) is 11.1 Å². The summed E-state index contributed by atoms with van der Waals surface area (Å²) in [4.78, 5) is 15.0. The predicted octanol–water partition coefficient (Wildman–Crippen LogP) is 3.26. The number of carbonyl (C=O) groups is 1. The Kier molecular flexibility index (Phi) is 3.54. The normalized spacial score (nSPS) is 30.4. The van der Waals surface area contributed by atoms with E-state index in [-0.39, 0.29) is 6.03 Å². The summed E-state index contributed by atoms with van der Waals surface area (Å²) in [5.74, 6) is 0.635. The van der Waals surface area contributed by atoms with Crippen molar-refractivity contribution in [1.82, 2.24) is 14.8 Å². The monoisotopic (exact) mass is 315 g/mol. The number of thiophene rings is 1.